The van der Waals surface area contributed by atoms with Crippen molar-refractivity contribution in [3.63, 3.8) is 0 Å². The Hall–Kier alpha value is -0.570. The number of rotatable bonds is 4. The summed E-state index contributed by atoms with van der Waals surface area (Å²) >= 11 is 0. The number of hydrazone groups is 1. The molecule has 0 amide bonds. The van der Waals surface area contributed by atoms with Gasteiger partial charge in [0.25, 0.3) is 0 Å². The number of hydrogen-bond acceptors (Lipinski definition) is 3. The van der Waals surface area contributed by atoms with Gasteiger partial charge in [-0.3, -0.25) is 10.3 Å². The minimum absolute atomic E-state index is 0.302. The van der Waals surface area contributed by atoms with Crippen molar-refractivity contribution in [3.05, 3.63) is 0 Å². The van der Waals surface area contributed by atoms with E-state index in [0.717, 1.165) is 6.67 Å². The molecule has 0 aromatic carbocycles. The molecular formula is C10H23N3. The average Bonchev–Trinajstić information content (AvgIpc) is 1.99. The third-order valence-electron chi connectivity index (χ3n) is 2.24. The maximum Gasteiger partial charge on any atom is 0.0853 e. The molecular weight excluding hydrogens is 162 g/mol. The molecule has 0 aliphatic heterocycles. The summed E-state index contributed by atoms with van der Waals surface area (Å²) in [4.78, 5) is 0. The Kier molecular flexibility index (Phi) is 4.99. The van der Waals surface area contributed by atoms with Crippen LogP contribution in [0.2, 0.25) is 0 Å². The van der Waals surface area contributed by atoms with Gasteiger partial charge in [-0.15, -0.1) is 0 Å². The van der Waals surface area contributed by atoms with Gasteiger partial charge in [0.15, 0.2) is 0 Å². The molecule has 1 N–H and O–H groups in total. The largest absolute Gasteiger partial charge is 0.296 e. The lowest BCUT2D eigenvalue weighted by Gasteiger charge is -2.29. The quantitative estimate of drug-likeness (QED) is 0.411. The van der Waals surface area contributed by atoms with Crippen LogP contribution in [0.1, 0.15) is 34.6 Å². The molecule has 3 nitrogen and oxygen atoms in total. The summed E-state index contributed by atoms with van der Waals surface area (Å²) in [5.41, 5.74) is 0.302. The van der Waals surface area contributed by atoms with E-state index >= 15 is 0 Å². The van der Waals surface area contributed by atoms with Crippen molar-refractivity contribution >= 4 is 6.21 Å². The fourth-order valence-electron chi connectivity index (χ4n) is 0.813. The standard InChI is InChI=1S/C10H23N3/c1-7-12-13(6)8-11-9(2)10(3,4)5/h7,9,11H,8H2,1-6H3/b12-7-/t9-/m1/s1. The normalized spacial score (nSPS) is 14.9. The molecule has 0 heterocycles. The first-order chi connectivity index (χ1) is 5.88. The van der Waals surface area contributed by atoms with Gasteiger partial charge in [-0.05, 0) is 19.3 Å². The summed E-state index contributed by atoms with van der Waals surface area (Å²) < 4.78 is 0. The second-order valence-electron chi connectivity index (χ2n) is 4.48. The fourth-order valence-corrected chi connectivity index (χ4v) is 0.813. The van der Waals surface area contributed by atoms with Crippen molar-refractivity contribution in [2.45, 2.75) is 40.7 Å². The Balaban J connectivity index is 3.76. The van der Waals surface area contributed by atoms with Crippen molar-refractivity contribution in [1.82, 2.24) is 10.3 Å². The van der Waals surface area contributed by atoms with Crippen molar-refractivity contribution in [2.75, 3.05) is 13.7 Å². The number of hydrogen-bond donors (Lipinski definition) is 1. The molecule has 0 unspecified atom stereocenters. The lowest BCUT2D eigenvalue weighted by atomic mass is 9.88. The molecule has 1 atom stereocenters. The molecule has 0 radical (unpaired) electrons. The molecule has 78 valence electrons. The third kappa shape index (κ3) is 5.64. The molecule has 0 saturated carbocycles. The second kappa shape index (κ2) is 5.22. The van der Waals surface area contributed by atoms with Crippen LogP contribution >= 0.6 is 0 Å². The Morgan fingerprint density at radius 3 is 2.38 bits per heavy atom. The number of nitrogens with one attached hydrogen (secondary N) is 1. The van der Waals surface area contributed by atoms with Crippen LogP contribution in [0.5, 0.6) is 0 Å². The summed E-state index contributed by atoms with van der Waals surface area (Å²) in [5, 5.41) is 9.43. The molecule has 0 spiro atoms. The van der Waals surface area contributed by atoms with Gasteiger partial charge in [0, 0.05) is 19.3 Å². The Bertz CT molecular complexity index is 158. The van der Waals surface area contributed by atoms with E-state index in [4.69, 9.17) is 0 Å². The zero-order valence-electron chi connectivity index (χ0n) is 9.76. The van der Waals surface area contributed by atoms with E-state index in [1.807, 2.05) is 19.0 Å². The maximum absolute atomic E-state index is 4.12. The highest BCUT2D eigenvalue weighted by molar-refractivity contribution is 5.52. The molecule has 0 saturated heterocycles. The van der Waals surface area contributed by atoms with Crippen molar-refractivity contribution in [3.8, 4) is 0 Å². The smallest absolute Gasteiger partial charge is 0.0853 e. The van der Waals surface area contributed by atoms with E-state index < -0.39 is 0 Å². The van der Waals surface area contributed by atoms with E-state index in [9.17, 15) is 0 Å². The highest BCUT2D eigenvalue weighted by Crippen LogP contribution is 2.18. The minimum Gasteiger partial charge on any atom is -0.296 e. The van der Waals surface area contributed by atoms with Gasteiger partial charge in [-0.2, -0.15) is 5.10 Å². The van der Waals surface area contributed by atoms with Crippen LogP contribution in [-0.4, -0.2) is 31.0 Å². The van der Waals surface area contributed by atoms with Gasteiger partial charge in [0.05, 0.1) is 6.67 Å². The van der Waals surface area contributed by atoms with Crippen molar-refractivity contribution in [1.29, 1.82) is 0 Å². The highest BCUT2D eigenvalue weighted by atomic mass is 15.5. The lowest BCUT2D eigenvalue weighted by Crippen LogP contribution is -2.41. The molecule has 0 aromatic heterocycles. The van der Waals surface area contributed by atoms with Crippen LogP contribution in [0.4, 0.5) is 0 Å². The van der Waals surface area contributed by atoms with E-state index in [2.05, 4.69) is 38.1 Å². The van der Waals surface area contributed by atoms with E-state index in [0.29, 0.717) is 11.5 Å². The van der Waals surface area contributed by atoms with Crippen LogP contribution in [0.15, 0.2) is 5.10 Å². The van der Waals surface area contributed by atoms with Gasteiger partial charge in [0.2, 0.25) is 0 Å². The van der Waals surface area contributed by atoms with Crippen LogP contribution in [-0.2, 0) is 0 Å². The second-order valence-corrected chi connectivity index (χ2v) is 4.48. The zero-order valence-corrected chi connectivity index (χ0v) is 9.76. The van der Waals surface area contributed by atoms with E-state index in [-0.39, 0.29) is 0 Å². The number of nitrogens with zero attached hydrogens (tertiary/aromatic N) is 2. The summed E-state index contributed by atoms with van der Waals surface area (Å²) in [6, 6.07) is 0.488. The van der Waals surface area contributed by atoms with Gasteiger partial charge < -0.3 is 0 Å². The Morgan fingerprint density at radius 2 is 2.00 bits per heavy atom. The molecule has 13 heavy (non-hydrogen) atoms. The van der Waals surface area contributed by atoms with Gasteiger partial charge in [0.1, 0.15) is 0 Å². The van der Waals surface area contributed by atoms with Crippen molar-refractivity contribution < 1.29 is 0 Å². The van der Waals surface area contributed by atoms with Gasteiger partial charge >= 0.3 is 0 Å². The van der Waals surface area contributed by atoms with Crippen molar-refractivity contribution in [2.24, 2.45) is 10.5 Å². The molecule has 0 aliphatic rings. The monoisotopic (exact) mass is 185 g/mol. The SMILES string of the molecule is C/C=N\N(C)CN[C@H](C)C(C)(C)C. The van der Waals surface area contributed by atoms with E-state index in [1.54, 1.807) is 6.21 Å². The maximum atomic E-state index is 4.12. The predicted molar refractivity (Wildman–Crippen MR) is 58.8 cm³/mol. The molecule has 3 heteroatoms. The first kappa shape index (κ1) is 12.4. The summed E-state index contributed by atoms with van der Waals surface area (Å²) in [6.07, 6.45) is 1.80. The topological polar surface area (TPSA) is 27.6 Å². The summed E-state index contributed by atoms with van der Waals surface area (Å²) in [7, 11) is 1.96. The first-order valence-electron chi connectivity index (χ1n) is 4.81. The van der Waals surface area contributed by atoms with Crippen LogP contribution in [0, 0.1) is 5.41 Å². The van der Waals surface area contributed by atoms with Gasteiger partial charge in [-0.25, -0.2) is 0 Å². The summed E-state index contributed by atoms with van der Waals surface area (Å²) in [6.45, 7) is 11.6. The molecule has 0 aliphatic carbocycles. The molecule has 0 rings (SSSR count). The molecule has 0 aromatic rings. The first-order valence-corrected chi connectivity index (χ1v) is 4.81. The highest BCUT2D eigenvalue weighted by Gasteiger charge is 2.19. The Morgan fingerprint density at radius 1 is 1.46 bits per heavy atom. The molecule has 0 bridgehead atoms. The van der Waals surface area contributed by atoms with Crippen LogP contribution in [0.3, 0.4) is 0 Å². The van der Waals surface area contributed by atoms with Crippen LogP contribution in [0.25, 0.3) is 0 Å². The van der Waals surface area contributed by atoms with E-state index in [1.165, 1.54) is 0 Å². The minimum atomic E-state index is 0.302. The molecule has 0 fully saturated rings. The third-order valence-corrected chi connectivity index (χ3v) is 2.24. The zero-order chi connectivity index (χ0) is 10.5. The lowest BCUT2D eigenvalue weighted by molar-refractivity contribution is 0.232. The summed E-state index contributed by atoms with van der Waals surface area (Å²) in [5.74, 6) is 0. The fraction of sp³-hybridized carbons (Fsp3) is 0.900. The predicted octanol–water partition coefficient (Wildman–Crippen LogP) is 1.91. The Labute approximate surface area is 82.2 Å². The average molecular weight is 185 g/mol. The van der Waals surface area contributed by atoms with Crippen LogP contribution < -0.4 is 5.32 Å². The van der Waals surface area contributed by atoms with Gasteiger partial charge in [-0.1, -0.05) is 20.8 Å².